The standard InChI is InChI=1S/C22H25N3O4/c1-4-17(16-9-6-5-7-10-16)23-22(26)18-13-14-25(24-18)15-29-21-19(27-2)11-8-12-20(21)28-3/h5-14,17H,4,15H2,1-3H3,(H,23,26). The Morgan fingerprint density at radius 2 is 1.72 bits per heavy atom. The molecule has 1 N–H and O–H groups in total. The maximum absolute atomic E-state index is 12.6. The van der Waals surface area contributed by atoms with Crippen molar-refractivity contribution in [1.29, 1.82) is 0 Å². The second-order valence-corrected chi connectivity index (χ2v) is 6.35. The molecule has 3 rings (SSSR count). The molecule has 0 aliphatic rings. The number of nitrogens with one attached hydrogen (secondary N) is 1. The summed E-state index contributed by atoms with van der Waals surface area (Å²) in [6.07, 6.45) is 2.48. The number of para-hydroxylation sites is 1. The van der Waals surface area contributed by atoms with Crippen LogP contribution in [0.25, 0.3) is 0 Å². The van der Waals surface area contributed by atoms with Crippen molar-refractivity contribution in [3.05, 3.63) is 72.1 Å². The van der Waals surface area contributed by atoms with Gasteiger partial charge in [0.15, 0.2) is 18.2 Å². The van der Waals surface area contributed by atoms with Crippen LogP contribution >= 0.6 is 0 Å². The largest absolute Gasteiger partial charge is 0.493 e. The predicted octanol–water partition coefficient (Wildman–Crippen LogP) is 3.82. The third kappa shape index (κ3) is 4.87. The molecule has 2 aromatic carbocycles. The number of hydrogen-bond acceptors (Lipinski definition) is 5. The van der Waals surface area contributed by atoms with Crippen LogP contribution in [0.5, 0.6) is 17.2 Å². The van der Waals surface area contributed by atoms with Crippen LogP contribution in [0.4, 0.5) is 0 Å². The fraction of sp³-hybridized carbons (Fsp3) is 0.273. The molecule has 0 bridgehead atoms. The van der Waals surface area contributed by atoms with E-state index in [1.54, 1.807) is 43.3 Å². The molecular formula is C22H25N3O4. The average Bonchev–Trinajstić information content (AvgIpc) is 3.25. The van der Waals surface area contributed by atoms with Gasteiger partial charge in [0.25, 0.3) is 5.91 Å². The van der Waals surface area contributed by atoms with Gasteiger partial charge in [-0.2, -0.15) is 5.10 Å². The van der Waals surface area contributed by atoms with Crippen LogP contribution in [-0.2, 0) is 6.73 Å². The van der Waals surface area contributed by atoms with E-state index in [2.05, 4.69) is 10.4 Å². The van der Waals surface area contributed by atoms with Gasteiger partial charge < -0.3 is 19.5 Å². The van der Waals surface area contributed by atoms with Crippen molar-refractivity contribution in [3.63, 3.8) is 0 Å². The number of methoxy groups -OCH3 is 2. The number of carbonyl (C=O) groups excluding carboxylic acids is 1. The van der Waals surface area contributed by atoms with Crippen LogP contribution < -0.4 is 19.5 Å². The number of aromatic nitrogens is 2. The highest BCUT2D eigenvalue weighted by Gasteiger charge is 2.17. The second kappa shape index (κ2) is 9.64. The summed E-state index contributed by atoms with van der Waals surface area (Å²) in [4.78, 5) is 12.6. The molecular weight excluding hydrogens is 370 g/mol. The van der Waals surface area contributed by atoms with Crippen molar-refractivity contribution >= 4 is 5.91 Å². The Bertz CT molecular complexity index is 918. The summed E-state index contributed by atoms with van der Waals surface area (Å²) in [6.45, 7) is 2.14. The van der Waals surface area contributed by atoms with Gasteiger partial charge in [-0.15, -0.1) is 0 Å². The second-order valence-electron chi connectivity index (χ2n) is 6.35. The van der Waals surface area contributed by atoms with E-state index >= 15 is 0 Å². The third-order valence-corrected chi connectivity index (χ3v) is 4.51. The Kier molecular flexibility index (Phi) is 6.73. The van der Waals surface area contributed by atoms with Gasteiger partial charge in [-0.1, -0.05) is 43.3 Å². The normalized spacial score (nSPS) is 11.6. The lowest BCUT2D eigenvalue weighted by Crippen LogP contribution is -2.28. The molecule has 0 radical (unpaired) electrons. The van der Waals surface area contributed by atoms with Gasteiger partial charge >= 0.3 is 0 Å². The molecule has 1 unspecified atom stereocenters. The summed E-state index contributed by atoms with van der Waals surface area (Å²) in [7, 11) is 3.13. The van der Waals surface area contributed by atoms with Crippen molar-refractivity contribution in [2.45, 2.75) is 26.1 Å². The van der Waals surface area contributed by atoms with E-state index in [0.717, 1.165) is 12.0 Å². The van der Waals surface area contributed by atoms with Crippen LogP contribution in [0, 0.1) is 0 Å². The smallest absolute Gasteiger partial charge is 0.272 e. The molecule has 0 spiro atoms. The Balaban J connectivity index is 1.66. The molecule has 0 saturated heterocycles. The Hall–Kier alpha value is -3.48. The van der Waals surface area contributed by atoms with Crippen molar-refractivity contribution in [2.24, 2.45) is 0 Å². The molecule has 0 fully saturated rings. The Morgan fingerprint density at radius 1 is 1.03 bits per heavy atom. The van der Waals surface area contributed by atoms with Crippen molar-refractivity contribution in [2.75, 3.05) is 14.2 Å². The predicted molar refractivity (Wildman–Crippen MR) is 109 cm³/mol. The van der Waals surface area contributed by atoms with E-state index < -0.39 is 0 Å². The van der Waals surface area contributed by atoms with E-state index in [0.29, 0.717) is 22.9 Å². The summed E-state index contributed by atoms with van der Waals surface area (Å²) in [5.41, 5.74) is 1.39. The molecule has 1 amide bonds. The molecule has 0 aliphatic carbocycles. The van der Waals surface area contributed by atoms with Crippen LogP contribution in [0.2, 0.25) is 0 Å². The SMILES string of the molecule is CCC(NC(=O)c1ccn(COc2c(OC)cccc2OC)n1)c1ccccc1. The summed E-state index contributed by atoms with van der Waals surface area (Å²) < 4.78 is 18.0. The van der Waals surface area contributed by atoms with Gasteiger partial charge in [0.2, 0.25) is 5.75 Å². The first-order valence-electron chi connectivity index (χ1n) is 9.39. The maximum Gasteiger partial charge on any atom is 0.272 e. The monoisotopic (exact) mass is 395 g/mol. The number of carbonyl (C=O) groups is 1. The number of benzene rings is 2. The van der Waals surface area contributed by atoms with Crippen LogP contribution in [-0.4, -0.2) is 29.9 Å². The fourth-order valence-electron chi connectivity index (χ4n) is 2.98. The summed E-state index contributed by atoms with van der Waals surface area (Å²) in [5, 5.41) is 7.34. The molecule has 152 valence electrons. The minimum Gasteiger partial charge on any atom is -0.493 e. The highest BCUT2D eigenvalue weighted by Crippen LogP contribution is 2.36. The lowest BCUT2D eigenvalue weighted by Gasteiger charge is -2.16. The summed E-state index contributed by atoms with van der Waals surface area (Å²) >= 11 is 0. The van der Waals surface area contributed by atoms with Crippen LogP contribution in [0.15, 0.2) is 60.8 Å². The summed E-state index contributed by atoms with van der Waals surface area (Å²) in [6, 6.07) is 16.9. The number of amides is 1. The molecule has 29 heavy (non-hydrogen) atoms. The zero-order valence-corrected chi connectivity index (χ0v) is 16.8. The number of nitrogens with zero attached hydrogens (tertiary/aromatic N) is 2. The maximum atomic E-state index is 12.6. The highest BCUT2D eigenvalue weighted by atomic mass is 16.5. The van der Waals surface area contributed by atoms with Crippen molar-refractivity contribution in [3.8, 4) is 17.2 Å². The lowest BCUT2D eigenvalue weighted by molar-refractivity contribution is 0.0928. The van der Waals surface area contributed by atoms with Gasteiger partial charge in [-0.3, -0.25) is 4.79 Å². The minimum absolute atomic E-state index is 0.0667. The van der Waals surface area contributed by atoms with Gasteiger partial charge in [-0.05, 0) is 30.2 Å². The van der Waals surface area contributed by atoms with Crippen LogP contribution in [0.3, 0.4) is 0 Å². The molecule has 3 aromatic rings. The zero-order valence-electron chi connectivity index (χ0n) is 16.8. The molecule has 0 saturated carbocycles. The fourth-order valence-corrected chi connectivity index (χ4v) is 2.98. The van der Waals surface area contributed by atoms with Crippen molar-refractivity contribution < 1.29 is 19.0 Å². The molecule has 0 aliphatic heterocycles. The molecule has 7 nitrogen and oxygen atoms in total. The topological polar surface area (TPSA) is 74.6 Å². The van der Waals surface area contributed by atoms with E-state index in [1.165, 1.54) is 0 Å². The quantitative estimate of drug-likeness (QED) is 0.596. The number of rotatable bonds is 9. The Morgan fingerprint density at radius 3 is 2.34 bits per heavy atom. The van der Waals surface area contributed by atoms with Crippen molar-refractivity contribution in [1.82, 2.24) is 15.1 Å². The zero-order chi connectivity index (χ0) is 20.6. The highest BCUT2D eigenvalue weighted by molar-refractivity contribution is 5.92. The lowest BCUT2D eigenvalue weighted by atomic mass is 10.0. The average molecular weight is 395 g/mol. The van der Waals surface area contributed by atoms with Crippen LogP contribution in [0.1, 0.15) is 35.4 Å². The van der Waals surface area contributed by atoms with E-state index in [1.807, 2.05) is 43.3 Å². The minimum atomic E-state index is -0.227. The van der Waals surface area contributed by atoms with E-state index in [9.17, 15) is 4.79 Å². The molecule has 1 atom stereocenters. The first kappa shape index (κ1) is 20.3. The number of hydrogen-bond donors (Lipinski definition) is 1. The third-order valence-electron chi connectivity index (χ3n) is 4.51. The van der Waals surface area contributed by atoms with Gasteiger partial charge in [0.1, 0.15) is 5.69 Å². The molecule has 1 heterocycles. The molecule has 7 heteroatoms. The first-order chi connectivity index (χ1) is 14.2. The van der Waals surface area contributed by atoms with E-state index in [-0.39, 0.29) is 18.7 Å². The summed E-state index contributed by atoms with van der Waals surface area (Å²) in [5.74, 6) is 1.37. The van der Waals surface area contributed by atoms with E-state index in [4.69, 9.17) is 14.2 Å². The Labute approximate surface area is 170 Å². The molecule has 1 aromatic heterocycles. The van der Waals surface area contributed by atoms with Gasteiger partial charge in [0.05, 0.1) is 20.3 Å². The van der Waals surface area contributed by atoms with Gasteiger partial charge in [0, 0.05) is 6.20 Å². The number of ether oxygens (including phenoxy) is 3. The first-order valence-corrected chi connectivity index (χ1v) is 9.39. The van der Waals surface area contributed by atoms with Gasteiger partial charge in [-0.25, -0.2) is 4.68 Å².